The zero-order valence-corrected chi connectivity index (χ0v) is 46.0. The summed E-state index contributed by atoms with van der Waals surface area (Å²) in [5.41, 5.74) is 16.9. The second kappa shape index (κ2) is 20.2. The van der Waals surface area contributed by atoms with Crippen LogP contribution < -0.4 is 14.3 Å². The summed E-state index contributed by atoms with van der Waals surface area (Å²) in [7, 11) is 0. The molecular weight excluding hydrogens is 1110 g/mol. The third kappa shape index (κ3) is 9.18. The van der Waals surface area contributed by atoms with E-state index in [0.717, 1.165) is 89.7 Å². The Morgan fingerprint density at radius 2 is 0.987 bits per heavy atom. The van der Waals surface area contributed by atoms with Gasteiger partial charge in [0.2, 0.25) is 0 Å². The number of nitrogens with zero attached hydrogens (tertiary/aromatic N) is 5. The van der Waals surface area contributed by atoms with E-state index in [2.05, 4.69) is 311 Å². The Morgan fingerprint density at radius 1 is 0.461 bits per heavy atom. The second-order valence-corrected chi connectivity index (χ2v) is 21.6. The van der Waals surface area contributed by atoms with Crippen molar-refractivity contribution in [2.24, 2.45) is 5.41 Å². The van der Waals surface area contributed by atoms with E-state index in [9.17, 15) is 0 Å². The van der Waals surface area contributed by atoms with Crippen LogP contribution in [0.3, 0.4) is 0 Å². The molecule has 1 aliphatic rings. The molecule has 3 heterocycles. The fraction of sp³-hybridized carbons (Fsp3) is 0.114. The summed E-state index contributed by atoms with van der Waals surface area (Å²) < 4.78 is 2.49. The van der Waals surface area contributed by atoms with Crippen molar-refractivity contribution in [3.63, 3.8) is 0 Å². The van der Waals surface area contributed by atoms with Gasteiger partial charge in [0, 0.05) is 85.2 Å². The average Bonchev–Trinajstić information content (AvgIpc) is 4.11. The van der Waals surface area contributed by atoms with Crippen LogP contribution in [0.1, 0.15) is 47.1 Å². The number of quaternary nitrogens is 1. The number of para-hydroxylation sites is 3. The molecule has 0 bridgehead atoms. The molecule has 5 nitrogen and oxygen atoms in total. The quantitative estimate of drug-likeness (QED) is 0.101. The number of fused-ring (bicyclic) bond motifs is 3. The van der Waals surface area contributed by atoms with E-state index in [1.165, 1.54) is 16.7 Å². The topological polar surface area (TPSA) is 24.3 Å². The second-order valence-electron chi connectivity index (χ2n) is 21.6. The first-order valence-electron chi connectivity index (χ1n) is 25.9. The Balaban J connectivity index is 0.00000616. The third-order valence-corrected chi connectivity index (χ3v) is 14.6. The number of hydrogen-bond acceptors (Lipinski definition) is 3. The maximum atomic E-state index is 5.07. The first-order valence-corrected chi connectivity index (χ1v) is 25.9. The Kier molecular flexibility index (Phi) is 13.3. The molecule has 1 aliphatic heterocycles. The number of aromatic nitrogens is 2. The van der Waals surface area contributed by atoms with Gasteiger partial charge in [-0.15, -0.1) is 35.8 Å². The molecule has 0 saturated heterocycles. The fourth-order valence-corrected chi connectivity index (χ4v) is 10.8. The third-order valence-electron chi connectivity index (χ3n) is 14.6. The largest absolute Gasteiger partial charge is 0.499 e. The molecule has 0 aliphatic carbocycles. The summed E-state index contributed by atoms with van der Waals surface area (Å²) in [6.07, 6.45) is 4.25. The molecule has 76 heavy (non-hydrogen) atoms. The van der Waals surface area contributed by atoms with Crippen molar-refractivity contribution in [2.75, 3.05) is 9.80 Å². The molecule has 0 saturated carbocycles. The molecule has 2 aromatic heterocycles. The molecule has 376 valence electrons. The van der Waals surface area contributed by atoms with Crippen LogP contribution in [0.4, 0.5) is 34.1 Å². The number of benzene rings is 9. The van der Waals surface area contributed by atoms with Gasteiger partial charge >= 0.3 is 0 Å². The van der Waals surface area contributed by atoms with Crippen molar-refractivity contribution in [3.8, 4) is 39.2 Å². The summed E-state index contributed by atoms with van der Waals surface area (Å²) in [5, 5.41) is 2.26. The molecule has 12 rings (SSSR count). The van der Waals surface area contributed by atoms with E-state index < -0.39 is 0 Å². The standard InChI is InChI=1S/C70H59N5.Pt/c1-69(2,3)56-38-39-71-68(45-56)74-65-35-23-22-34-63(65)64-37-36-61(47-66(64)74)75(59-30-18-10-19-31-59,60-32-20-11-21-33-60)62-44-55(52-28-16-9-17-29-52)41-57(46-62)72-48-67(70(4,5)6)73(49-72)58-42-53(50-24-12-7-13-25-50)40-54(43-58)51-26-14-8-15-27-51;/h7-45,48-49H,1-6H3;/q-2;. The first-order chi connectivity index (χ1) is 36.4. The van der Waals surface area contributed by atoms with Crippen LogP contribution in [-0.4, -0.2) is 9.55 Å². The molecule has 0 N–H and O–H groups in total. The average molecular weight is 1170 g/mol. The van der Waals surface area contributed by atoms with Gasteiger partial charge in [0.15, 0.2) is 0 Å². The van der Waals surface area contributed by atoms with Crippen molar-refractivity contribution < 1.29 is 21.1 Å². The van der Waals surface area contributed by atoms with Gasteiger partial charge in [-0.2, -0.15) is 6.07 Å². The van der Waals surface area contributed by atoms with Crippen LogP contribution in [0.25, 0.3) is 61.0 Å². The Bertz CT molecular complexity index is 3780. The number of hydrogen-bond donors (Lipinski definition) is 0. The van der Waals surface area contributed by atoms with E-state index in [-0.39, 0.29) is 36.4 Å². The molecule has 6 heteroatoms. The number of anilines is 2. The molecule has 0 spiro atoms. The molecule has 9 aromatic carbocycles. The Morgan fingerprint density at radius 3 is 1.54 bits per heavy atom. The summed E-state index contributed by atoms with van der Waals surface area (Å²) >= 11 is 0. The monoisotopic (exact) mass is 1160 g/mol. The zero-order chi connectivity index (χ0) is 51.3. The van der Waals surface area contributed by atoms with Crippen molar-refractivity contribution in [1.82, 2.24) is 14.0 Å². The smallest absolute Gasteiger partial charge is 0.144 e. The van der Waals surface area contributed by atoms with Gasteiger partial charge in [-0.05, 0) is 86.8 Å². The van der Waals surface area contributed by atoms with E-state index in [0.29, 0.717) is 0 Å². The molecule has 0 atom stereocenters. The molecule has 11 aromatic rings. The van der Waals surface area contributed by atoms with Gasteiger partial charge < -0.3 is 14.4 Å². The maximum Gasteiger partial charge on any atom is 0.144 e. The number of rotatable bonds is 10. The predicted octanol–water partition coefficient (Wildman–Crippen LogP) is 18.7. The van der Waals surface area contributed by atoms with Crippen molar-refractivity contribution >= 4 is 55.9 Å². The van der Waals surface area contributed by atoms with E-state index in [4.69, 9.17) is 4.98 Å². The number of pyridine rings is 1. The van der Waals surface area contributed by atoms with Crippen LogP contribution in [0.15, 0.2) is 249 Å². The SMILES string of the molecule is CC(C)(C)C1=CN(c2[c-]c([N+](c3[c-]c4c(cc3)c3ccccc3n4-c3cc(C(C)(C)C)ccn3)(c3ccccc3)c3ccccc3)cc(-c3ccccc3)c2)[CH-]N1c1cc(-c2ccccc2)cc(-c2ccccc2)c1.[Pt]. The van der Waals surface area contributed by atoms with Crippen LogP contribution in [0.5, 0.6) is 0 Å². The van der Waals surface area contributed by atoms with E-state index >= 15 is 0 Å². The van der Waals surface area contributed by atoms with Crippen molar-refractivity contribution in [2.45, 2.75) is 47.0 Å². The van der Waals surface area contributed by atoms with Crippen LogP contribution in [0, 0.1) is 24.2 Å². The minimum absolute atomic E-state index is 0. The van der Waals surface area contributed by atoms with Crippen LogP contribution in [-0.2, 0) is 26.5 Å². The number of allylic oxidation sites excluding steroid dienone is 1. The normalized spacial score (nSPS) is 13.0. The van der Waals surface area contributed by atoms with Gasteiger partial charge in [0.05, 0.1) is 0 Å². The summed E-state index contributed by atoms with van der Waals surface area (Å²) in [4.78, 5) is 9.72. The Labute approximate surface area is 462 Å². The van der Waals surface area contributed by atoms with Crippen LogP contribution in [0.2, 0.25) is 0 Å². The van der Waals surface area contributed by atoms with Gasteiger partial charge in [-0.3, -0.25) is 0 Å². The molecule has 0 fully saturated rings. The molecule has 0 unspecified atom stereocenters. The summed E-state index contributed by atoms with van der Waals surface area (Å²) in [6.45, 7) is 15.9. The van der Waals surface area contributed by atoms with Crippen LogP contribution >= 0.6 is 0 Å². The van der Waals surface area contributed by atoms with Crippen molar-refractivity contribution in [1.29, 1.82) is 0 Å². The maximum absolute atomic E-state index is 5.07. The van der Waals surface area contributed by atoms with Crippen molar-refractivity contribution in [3.05, 3.63) is 273 Å². The molecular formula is C70H59N5Pt-2. The predicted molar refractivity (Wildman–Crippen MR) is 315 cm³/mol. The minimum atomic E-state index is -0.237. The fourth-order valence-electron chi connectivity index (χ4n) is 10.8. The van der Waals surface area contributed by atoms with E-state index in [1.54, 1.807) is 0 Å². The summed E-state index contributed by atoms with van der Waals surface area (Å²) in [5.74, 6) is 0.861. The van der Waals surface area contributed by atoms with Gasteiger partial charge in [0.25, 0.3) is 0 Å². The van der Waals surface area contributed by atoms with Gasteiger partial charge in [0.1, 0.15) is 17.2 Å². The molecule has 0 amide bonds. The zero-order valence-electron chi connectivity index (χ0n) is 43.7. The summed E-state index contributed by atoms with van der Waals surface area (Å²) in [6, 6.07) is 91.3. The van der Waals surface area contributed by atoms with Gasteiger partial charge in [-0.1, -0.05) is 210 Å². The van der Waals surface area contributed by atoms with E-state index in [1.807, 2.05) is 6.20 Å². The molecule has 0 radical (unpaired) electrons. The van der Waals surface area contributed by atoms with Gasteiger partial charge in [-0.25, -0.2) is 9.47 Å². The minimum Gasteiger partial charge on any atom is -0.499 e. The Hall–Kier alpha value is -8.08. The first kappa shape index (κ1) is 50.1.